The van der Waals surface area contributed by atoms with Crippen LogP contribution in [-0.2, 0) is 19.4 Å². The molecule has 0 saturated carbocycles. The van der Waals surface area contributed by atoms with Crippen molar-refractivity contribution < 1.29 is 9.59 Å². The van der Waals surface area contributed by atoms with Crippen LogP contribution in [0.5, 0.6) is 0 Å². The number of benzene rings is 1. The van der Waals surface area contributed by atoms with Crippen molar-refractivity contribution in [2.75, 3.05) is 0 Å². The number of aromatic nitrogens is 3. The minimum Gasteiger partial charge on any atom is -0.266 e. The van der Waals surface area contributed by atoms with Crippen molar-refractivity contribution in [2.45, 2.75) is 46.6 Å². The molecule has 0 aliphatic heterocycles. The second kappa shape index (κ2) is 8.63. The Labute approximate surface area is 185 Å². The minimum absolute atomic E-state index is 0.148. The SMILES string of the molecule is CC(C)(C)C1CCc2sc(C(=O)NNC(=O)c3cn(Cc4ccccc4)nn3)cc2C1. The Morgan fingerprint density at radius 2 is 1.90 bits per heavy atom. The van der Waals surface area contributed by atoms with Crippen LogP contribution in [0, 0.1) is 11.3 Å². The highest BCUT2D eigenvalue weighted by atomic mass is 32.1. The van der Waals surface area contributed by atoms with E-state index in [1.807, 2.05) is 36.4 Å². The molecular weight excluding hydrogens is 410 g/mol. The van der Waals surface area contributed by atoms with Crippen LogP contribution >= 0.6 is 11.3 Å². The van der Waals surface area contributed by atoms with Crippen molar-refractivity contribution in [2.24, 2.45) is 11.3 Å². The van der Waals surface area contributed by atoms with E-state index in [1.54, 1.807) is 10.9 Å². The highest BCUT2D eigenvalue weighted by Gasteiger charge is 2.30. The number of fused-ring (bicyclic) bond motifs is 1. The molecule has 3 aromatic rings. The monoisotopic (exact) mass is 437 g/mol. The highest BCUT2D eigenvalue weighted by Crippen LogP contribution is 2.40. The first-order chi connectivity index (χ1) is 14.8. The number of hydrogen-bond donors (Lipinski definition) is 2. The Hall–Kier alpha value is -3.00. The van der Waals surface area contributed by atoms with Crippen LogP contribution in [0.4, 0.5) is 0 Å². The van der Waals surface area contributed by atoms with Gasteiger partial charge in [0.15, 0.2) is 5.69 Å². The summed E-state index contributed by atoms with van der Waals surface area (Å²) in [7, 11) is 0. The molecule has 1 unspecified atom stereocenters. The van der Waals surface area contributed by atoms with Gasteiger partial charge >= 0.3 is 0 Å². The van der Waals surface area contributed by atoms with E-state index in [0.717, 1.165) is 24.8 Å². The predicted octanol–water partition coefficient (Wildman–Crippen LogP) is 3.61. The fourth-order valence-electron chi connectivity index (χ4n) is 3.86. The van der Waals surface area contributed by atoms with E-state index in [1.165, 1.54) is 21.8 Å². The van der Waals surface area contributed by atoms with Gasteiger partial charge in [0.1, 0.15) is 0 Å². The summed E-state index contributed by atoms with van der Waals surface area (Å²) in [6, 6.07) is 11.8. The molecule has 0 radical (unpaired) electrons. The molecule has 0 bridgehead atoms. The zero-order chi connectivity index (χ0) is 22.0. The summed E-state index contributed by atoms with van der Waals surface area (Å²) in [5, 5.41) is 7.88. The number of hydrazine groups is 1. The smallest absolute Gasteiger partial charge is 0.266 e. The molecule has 7 nitrogen and oxygen atoms in total. The summed E-state index contributed by atoms with van der Waals surface area (Å²) in [6.07, 6.45) is 4.71. The quantitative estimate of drug-likeness (QED) is 0.610. The maximum Gasteiger partial charge on any atom is 0.291 e. The molecule has 4 rings (SSSR count). The Bertz CT molecular complexity index is 1080. The lowest BCUT2D eigenvalue weighted by Gasteiger charge is -2.33. The van der Waals surface area contributed by atoms with Crippen LogP contribution in [-0.4, -0.2) is 26.8 Å². The van der Waals surface area contributed by atoms with Gasteiger partial charge in [0.25, 0.3) is 11.8 Å². The van der Waals surface area contributed by atoms with Gasteiger partial charge < -0.3 is 0 Å². The van der Waals surface area contributed by atoms with E-state index < -0.39 is 5.91 Å². The molecular formula is C23H27N5O2S. The lowest BCUT2D eigenvalue weighted by Crippen LogP contribution is -2.41. The molecule has 0 saturated heterocycles. The summed E-state index contributed by atoms with van der Waals surface area (Å²) in [6.45, 7) is 7.33. The van der Waals surface area contributed by atoms with Gasteiger partial charge in [-0.1, -0.05) is 56.3 Å². The standard InChI is InChI=1S/C23H27N5O2S/c1-23(2,3)17-9-10-19-16(11-17)12-20(31-19)22(30)26-25-21(29)18-14-28(27-24-18)13-15-7-5-4-6-8-15/h4-8,12,14,17H,9-11,13H2,1-3H3,(H,25,29)(H,26,30). The first-order valence-corrected chi connectivity index (χ1v) is 11.3. The zero-order valence-electron chi connectivity index (χ0n) is 18.0. The Kier molecular flexibility index (Phi) is 5.91. The number of nitrogens with one attached hydrogen (secondary N) is 2. The third kappa shape index (κ3) is 5.02. The summed E-state index contributed by atoms with van der Waals surface area (Å²) < 4.78 is 1.59. The van der Waals surface area contributed by atoms with Crippen molar-refractivity contribution >= 4 is 23.2 Å². The van der Waals surface area contributed by atoms with Crippen LogP contribution in [0.1, 0.15) is 63.4 Å². The number of hydrogen-bond acceptors (Lipinski definition) is 5. The van der Waals surface area contributed by atoms with Gasteiger partial charge in [0.2, 0.25) is 0 Å². The largest absolute Gasteiger partial charge is 0.291 e. The molecule has 2 amide bonds. The van der Waals surface area contributed by atoms with Crippen molar-refractivity contribution in [1.82, 2.24) is 25.8 Å². The molecule has 0 fully saturated rings. The lowest BCUT2D eigenvalue weighted by atomic mass is 9.72. The first-order valence-electron chi connectivity index (χ1n) is 10.5. The van der Waals surface area contributed by atoms with Crippen molar-refractivity contribution in [3.8, 4) is 0 Å². The zero-order valence-corrected chi connectivity index (χ0v) is 18.8. The van der Waals surface area contributed by atoms with E-state index >= 15 is 0 Å². The number of nitrogens with zero attached hydrogens (tertiary/aromatic N) is 3. The Morgan fingerprint density at radius 1 is 1.16 bits per heavy atom. The average Bonchev–Trinajstić information content (AvgIpc) is 3.38. The average molecular weight is 438 g/mol. The topological polar surface area (TPSA) is 88.9 Å². The normalized spacial score (nSPS) is 15.9. The number of thiophene rings is 1. The second-order valence-corrected chi connectivity index (χ2v) is 10.2. The number of carbonyl (C=O) groups excluding carboxylic acids is 2. The minimum atomic E-state index is -0.498. The molecule has 1 atom stereocenters. The Morgan fingerprint density at radius 3 is 2.65 bits per heavy atom. The van der Waals surface area contributed by atoms with Gasteiger partial charge in [-0.05, 0) is 47.8 Å². The molecule has 162 valence electrons. The van der Waals surface area contributed by atoms with Crippen molar-refractivity contribution in [3.05, 3.63) is 69.2 Å². The number of carbonyl (C=O) groups is 2. The summed E-state index contributed by atoms with van der Waals surface area (Å²) in [4.78, 5) is 26.8. The Balaban J connectivity index is 1.33. The van der Waals surface area contributed by atoms with Gasteiger partial charge in [-0.15, -0.1) is 16.4 Å². The molecule has 31 heavy (non-hydrogen) atoms. The van der Waals surface area contributed by atoms with E-state index in [9.17, 15) is 9.59 Å². The lowest BCUT2D eigenvalue weighted by molar-refractivity contribution is 0.0846. The molecule has 2 aromatic heterocycles. The molecule has 2 heterocycles. The maximum atomic E-state index is 12.6. The fourth-order valence-corrected chi connectivity index (χ4v) is 4.97. The van der Waals surface area contributed by atoms with E-state index in [0.29, 0.717) is 17.3 Å². The van der Waals surface area contributed by atoms with E-state index in [4.69, 9.17) is 0 Å². The molecule has 8 heteroatoms. The van der Waals surface area contributed by atoms with E-state index in [-0.39, 0.29) is 17.0 Å². The van der Waals surface area contributed by atoms with Crippen LogP contribution in [0.25, 0.3) is 0 Å². The number of rotatable bonds is 4. The molecule has 1 aliphatic rings. The maximum absolute atomic E-state index is 12.6. The van der Waals surface area contributed by atoms with Crippen molar-refractivity contribution in [1.29, 1.82) is 0 Å². The number of aryl methyl sites for hydroxylation is 1. The van der Waals surface area contributed by atoms with Crippen LogP contribution in [0.3, 0.4) is 0 Å². The summed E-state index contributed by atoms with van der Waals surface area (Å²) >= 11 is 1.51. The van der Waals surface area contributed by atoms with Crippen LogP contribution < -0.4 is 10.9 Å². The summed E-state index contributed by atoms with van der Waals surface area (Å²) in [5.41, 5.74) is 7.67. The van der Waals surface area contributed by atoms with Gasteiger partial charge in [0.05, 0.1) is 17.6 Å². The first kappa shape index (κ1) is 21.2. The molecule has 0 spiro atoms. The second-order valence-electron chi connectivity index (χ2n) is 9.06. The van der Waals surface area contributed by atoms with Crippen LogP contribution in [0.2, 0.25) is 0 Å². The number of amides is 2. The molecule has 2 N–H and O–H groups in total. The van der Waals surface area contributed by atoms with Gasteiger partial charge in [-0.25, -0.2) is 4.68 Å². The molecule has 1 aliphatic carbocycles. The third-order valence-corrected chi connectivity index (χ3v) is 7.02. The van der Waals surface area contributed by atoms with Crippen LogP contribution in [0.15, 0.2) is 42.6 Å². The van der Waals surface area contributed by atoms with Gasteiger partial charge in [0, 0.05) is 4.88 Å². The predicted molar refractivity (Wildman–Crippen MR) is 120 cm³/mol. The molecule has 1 aromatic carbocycles. The fraction of sp³-hybridized carbons (Fsp3) is 0.391. The summed E-state index contributed by atoms with van der Waals surface area (Å²) in [5.74, 6) is -0.192. The van der Waals surface area contributed by atoms with Gasteiger partial charge in [-0.3, -0.25) is 20.4 Å². The van der Waals surface area contributed by atoms with Crippen molar-refractivity contribution in [3.63, 3.8) is 0 Å². The third-order valence-electron chi connectivity index (χ3n) is 5.78. The van der Waals surface area contributed by atoms with E-state index in [2.05, 4.69) is 41.9 Å². The van der Waals surface area contributed by atoms with Gasteiger partial charge in [-0.2, -0.15) is 0 Å². The highest BCUT2D eigenvalue weighted by molar-refractivity contribution is 7.14.